The topological polar surface area (TPSA) is 52.6 Å². The summed E-state index contributed by atoms with van der Waals surface area (Å²) >= 11 is 3.02. The van der Waals surface area contributed by atoms with Crippen LogP contribution >= 0.6 is 15.9 Å². The summed E-state index contributed by atoms with van der Waals surface area (Å²) in [6.07, 6.45) is 1.30. The standard InChI is InChI=1S/C13H10BrFO4/c1-13(2)18-11(16)8(12(17)19-13)5-7-3-4-10(15)9(14)6-7/h3-6H,1-2H3. The summed E-state index contributed by atoms with van der Waals surface area (Å²) in [5.74, 6) is -3.23. The molecular formula is C13H10BrFO4. The Kier molecular flexibility index (Phi) is 3.45. The number of halogens is 2. The van der Waals surface area contributed by atoms with Crippen LogP contribution in [0.5, 0.6) is 0 Å². The highest BCUT2D eigenvalue weighted by Gasteiger charge is 2.38. The minimum atomic E-state index is -1.27. The van der Waals surface area contributed by atoms with Crippen molar-refractivity contribution in [3.8, 4) is 0 Å². The molecular weight excluding hydrogens is 319 g/mol. The molecule has 1 aliphatic rings. The number of ether oxygens (including phenoxy) is 2. The molecule has 6 heteroatoms. The van der Waals surface area contributed by atoms with E-state index in [0.29, 0.717) is 5.56 Å². The Labute approximate surface area is 117 Å². The molecule has 1 aliphatic heterocycles. The smallest absolute Gasteiger partial charge is 0.348 e. The van der Waals surface area contributed by atoms with Gasteiger partial charge in [-0.25, -0.2) is 14.0 Å². The van der Waals surface area contributed by atoms with Gasteiger partial charge in [-0.3, -0.25) is 0 Å². The molecule has 1 aromatic carbocycles. The number of hydrogen-bond donors (Lipinski definition) is 0. The number of esters is 2. The summed E-state index contributed by atoms with van der Waals surface area (Å²) < 4.78 is 23.2. The highest BCUT2D eigenvalue weighted by molar-refractivity contribution is 9.10. The first kappa shape index (κ1) is 13.7. The summed E-state index contributed by atoms with van der Waals surface area (Å²) in [6, 6.07) is 4.11. The average Bonchev–Trinajstić information content (AvgIpc) is 2.27. The van der Waals surface area contributed by atoms with E-state index >= 15 is 0 Å². The minimum Gasteiger partial charge on any atom is -0.419 e. The zero-order valence-corrected chi connectivity index (χ0v) is 11.8. The van der Waals surface area contributed by atoms with Gasteiger partial charge in [-0.2, -0.15) is 0 Å². The maximum atomic E-state index is 13.1. The molecule has 1 fully saturated rings. The maximum absolute atomic E-state index is 13.1. The van der Waals surface area contributed by atoms with Gasteiger partial charge >= 0.3 is 11.9 Å². The highest BCUT2D eigenvalue weighted by Crippen LogP contribution is 2.25. The molecule has 2 rings (SSSR count). The normalized spacial score (nSPS) is 17.8. The Hall–Kier alpha value is -1.69. The summed E-state index contributed by atoms with van der Waals surface area (Å²) in [5, 5.41) is 0. The van der Waals surface area contributed by atoms with E-state index in [9.17, 15) is 14.0 Å². The van der Waals surface area contributed by atoms with Crippen molar-refractivity contribution in [2.45, 2.75) is 19.6 Å². The first-order valence-electron chi connectivity index (χ1n) is 5.42. The Morgan fingerprint density at radius 1 is 1.21 bits per heavy atom. The van der Waals surface area contributed by atoms with Crippen LogP contribution in [0.2, 0.25) is 0 Å². The summed E-state index contributed by atoms with van der Waals surface area (Å²) in [4.78, 5) is 23.4. The lowest BCUT2D eigenvalue weighted by atomic mass is 10.1. The van der Waals surface area contributed by atoms with Gasteiger partial charge in [0.25, 0.3) is 5.79 Å². The van der Waals surface area contributed by atoms with Crippen molar-refractivity contribution >= 4 is 33.9 Å². The van der Waals surface area contributed by atoms with Gasteiger partial charge in [0.05, 0.1) is 4.47 Å². The Balaban J connectivity index is 2.35. The molecule has 0 N–H and O–H groups in total. The van der Waals surface area contributed by atoms with Crippen molar-refractivity contribution in [3.63, 3.8) is 0 Å². The van der Waals surface area contributed by atoms with Crippen LogP contribution in [0.3, 0.4) is 0 Å². The van der Waals surface area contributed by atoms with Crippen LogP contribution < -0.4 is 0 Å². The van der Waals surface area contributed by atoms with Crippen LogP contribution in [-0.4, -0.2) is 17.7 Å². The van der Waals surface area contributed by atoms with Gasteiger partial charge in [0.2, 0.25) is 0 Å². The molecule has 1 saturated heterocycles. The Bertz CT molecular complexity index is 570. The lowest BCUT2D eigenvalue weighted by Crippen LogP contribution is -2.41. The van der Waals surface area contributed by atoms with Crippen molar-refractivity contribution in [3.05, 3.63) is 39.6 Å². The van der Waals surface area contributed by atoms with E-state index in [1.165, 1.54) is 38.1 Å². The molecule has 0 atom stereocenters. The predicted molar refractivity (Wildman–Crippen MR) is 68.3 cm³/mol. The first-order chi connectivity index (χ1) is 8.78. The molecule has 0 aromatic heterocycles. The third-order valence-electron chi connectivity index (χ3n) is 2.37. The molecule has 0 amide bonds. The second kappa shape index (κ2) is 4.77. The number of cyclic esters (lactones) is 2. The van der Waals surface area contributed by atoms with Crippen molar-refractivity contribution in [1.29, 1.82) is 0 Å². The van der Waals surface area contributed by atoms with Crippen molar-refractivity contribution in [2.75, 3.05) is 0 Å². The molecule has 19 heavy (non-hydrogen) atoms. The quantitative estimate of drug-likeness (QED) is 0.452. The van der Waals surface area contributed by atoms with Gasteiger partial charge in [0, 0.05) is 13.8 Å². The molecule has 0 saturated carbocycles. The second-order valence-electron chi connectivity index (χ2n) is 4.41. The van der Waals surface area contributed by atoms with E-state index in [2.05, 4.69) is 15.9 Å². The molecule has 100 valence electrons. The fourth-order valence-electron chi connectivity index (χ4n) is 1.55. The van der Waals surface area contributed by atoms with Crippen LogP contribution in [0.25, 0.3) is 6.08 Å². The molecule has 1 heterocycles. The number of carbonyl (C=O) groups excluding carboxylic acids is 2. The lowest BCUT2D eigenvalue weighted by molar-refractivity contribution is -0.222. The van der Waals surface area contributed by atoms with Crippen LogP contribution in [0.1, 0.15) is 19.4 Å². The van der Waals surface area contributed by atoms with Gasteiger partial charge in [0.1, 0.15) is 11.4 Å². The number of rotatable bonds is 1. The molecule has 0 aliphatic carbocycles. The molecule has 4 nitrogen and oxygen atoms in total. The monoisotopic (exact) mass is 328 g/mol. The largest absolute Gasteiger partial charge is 0.419 e. The number of carbonyl (C=O) groups is 2. The highest BCUT2D eigenvalue weighted by atomic mass is 79.9. The van der Waals surface area contributed by atoms with Crippen LogP contribution in [0.4, 0.5) is 4.39 Å². The molecule has 0 unspecified atom stereocenters. The molecule has 0 bridgehead atoms. The van der Waals surface area contributed by atoms with E-state index in [-0.39, 0.29) is 10.0 Å². The van der Waals surface area contributed by atoms with Gasteiger partial charge in [-0.1, -0.05) is 6.07 Å². The summed E-state index contributed by atoms with van der Waals surface area (Å²) in [6.45, 7) is 2.93. The predicted octanol–water partition coefficient (Wildman–Crippen LogP) is 2.81. The third kappa shape index (κ3) is 3.01. The van der Waals surface area contributed by atoms with Gasteiger partial charge in [0.15, 0.2) is 0 Å². The van der Waals surface area contributed by atoms with Crippen LogP contribution in [-0.2, 0) is 19.1 Å². The van der Waals surface area contributed by atoms with E-state index in [4.69, 9.17) is 9.47 Å². The van der Waals surface area contributed by atoms with E-state index in [1.807, 2.05) is 0 Å². The number of hydrogen-bond acceptors (Lipinski definition) is 4. The zero-order chi connectivity index (χ0) is 14.2. The molecule has 0 radical (unpaired) electrons. The van der Waals surface area contributed by atoms with E-state index in [1.54, 1.807) is 0 Å². The Morgan fingerprint density at radius 3 is 2.32 bits per heavy atom. The van der Waals surface area contributed by atoms with Crippen molar-refractivity contribution in [1.82, 2.24) is 0 Å². The third-order valence-corrected chi connectivity index (χ3v) is 2.98. The lowest BCUT2D eigenvalue weighted by Gasteiger charge is -2.29. The second-order valence-corrected chi connectivity index (χ2v) is 5.26. The van der Waals surface area contributed by atoms with Crippen molar-refractivity contribution in [2.24, 2.45) is 0 Å². The average molecular weight is 329 g/mol. The molecule has 0 spiro atoms. The maximum Gasteiger partial charge on any atom is 0.348 e. The van der Waals surface area contributed by atoms with Crippen LogP contribution in [0, 0.1) is 5.82 Å². The van der Waals surface area contributed by atoms with Gasteiger partial charge in [-0.05, 0) is 39.7 Å². The SMILES string of the molecule is CC1(C)OC(=O)C(=Cc2ccc(F)c(Br)c2)C(=O)O1. The number of benzene rings is 1. The van der Waals surface area contributed by atoms with Crippen molar-refractivity contribution < 1.29 is 23.5 Å². The Morgan fingerprint density at radius 2 is 1.79 bits per heavy atom. The zero-order valence-electron chi connectivity index (χ0n) is 10.2. The van der Waals surface area contributed by atoms with Crippen LogP contribution in [0.15, 0.2) is 28.2 Å². The first-order valence-corrected chi connectivity index (χ1v) is 6.21. The fraction of sp³-hybridized carbons (Fsp3) is 0.231. The molecule has 1 aromatic rings. The van der Waals surface area contributed by atoms with E-state index < -0.39 is 23.5 Å². The van der Waals surface area contributed by atoms with Gasteiger partial charge in [-0.15, -0.1) is 0 Å². The van der Waals surface area contributed by atoms with E-state index in [0.717, 1.165) is 0 Å². The van der Waals surface area contributed by atoms with Gasteiger partial charge < -0.3 is 9.47 Å². The minimum absolute atomic E-state index is 0.224. The summed E-state index contributed by atoms with van der Waals surface area (Å²) in [7, 11) is 0. The summed E-state index contributed by atoms with van der Waals surface area (Å²) in [5.41, 5.74) is 0.259. The fourth-order valence-corrected chi connectivity index (χ4v) is 1.94.